The van der Waals surface area contributed by atoms with Crippen molar-refractivity contribution in [1.82, 2.24) is 0 Å². The molecule has 17 heavy (non-hydrogen) atoms. The smallest absolute Gasteiger partial charge is 0.340 e. The maximum atomic E-state index is 11.6. The molecule has 1 rings (SSSR count). The molecule has 0 atom stereocenters. The molecule has 0 bridgehead atoms. The van der Waals surface area contributed by atoms with Crippen molar-refractivity contribution >= 4 is 17.7 Å². The highest BCUT2D eigenvalue weighted by Crippen LogP contribution is 2.16. The van der Waals surface area contributed by atoms with Crippen molar-refractivity contribution in [2.75, 3.05) is 18.9 Å². The third-order valence-electron chi connectivity index (χ3n) is 2.18. The van der Waals surface area contributed by atoms with Crippen molar-refractivity contribution in [2.45, 2.75) is 13.3 Å². The maximum Gasteiger partial charge on any atom is 0.340 e. The van der Waals surface area contributed by atoms with E-state index in [1.807, 2.05) is 18.2 Å². The number of nitrogen functional groups attached to an aromatic ring is 1. The largest absolute Gasteiger partial charge is 0.462 e. The Hall–Kier alpha value is -1.81. The topological polar surface area (TPSA) is 72.5 Å². The average molecular weight is 235 g/mol. The van der Waals surface area contributed by atoms with Crippen LogP contribution in [0.2, 0.25) is 0 Å². The number of carbonyl (C=O) groups is 1. The van der Waals surface area contributed by atoms with E-state index in [4.69, 9.17) is 15.6 Å². The van der Waals surface area contributed by atoms with E-state index in [0.717, 1.165) is 5.56 Å². The quantitative estimate of drug-likeness (QED) is 0.603. The van der Waals surface area contributed by atoms with Crippen LogP contribution in [0.25, 0.3) is 6.08 Å². The van der Waals surface area contributed by atoms with Crippen molar-refractivity contribution in [3.8, 4) is 0 Å². The Morgan fingerprint density at radius 3 is 2.94 bits per heavy atom. The molecule has 4 nitrogen and oxygen atoms in total. The van der Waals surface area contributed by atoms with Crippen molar-refractivity contribution in [2.24, 2.45) is 0 Å². The normalized spacial score (nSPS) is 10.7. The lowest BCUT2D eigenvalue weighted by Crippen LogP contribution is -2.08. The third kappa shape index (κ3) is 3.92. The van der Waals surface area contributed by atoms with Gasteiger partial charge in [-0.05, 0) is 31.0 Å². The lowest BCUT2D eigenvalue weighted by molar-refractivity contribution is 0.0527. The van der Waals surface area contributed by atoms with Gasteiger partial charge >= 0.3 is 5.97 Å². The first-order valence-electron chi connectivity index (χ1n) is 5.53. The summed E-state index contributed by atoms with van der Waals surface area (Å²) in [7, 11) is 0. The predicted octanol–water partition coefficient (Wildman–Crippen LogP) is 1.84. The van der Waals surface area contributed by atoms with Gasteiger partial charge in [-0.25, -0.2) is 4.79 Å². The summed E-state index contributed by atoms with van der Waals surface area (Å²) in [6.07, 6.45) is 4.25. The van der Waals surface area contributed by atoms with E-state index < -0.39 is 5.97 Å². The Kier molecular flexibility index (Phi) is 5.23. The van der Waals surface area contributed by atoms with Gasteiger partial charge in [0.1, 0.15) is 0 Å². The maximum absolute atomic E-state index is 11.6. The molecule has 0 saturated heterocycles. The molecule has 0 aliphatic heterocycles. The van der Waals surface area contributed by atoms with E-state index in [-0.39, 0.29) is 6.61 Å². The first kappa shape index (κ1) is 13.3. The van der Waals surface area contributed by atoms with E-state index >= 15 is 0 Å². The Balaban J connectivity index is 2.90. The highest BCUT2D eigenvalue weighted by atomic mass is 16.5. The van der Waals surface area contributed by atoms with Crippen LogP contribution in [0, 0.1) is 0 Å². The molecule has 1 aromatic carbocycles. The summed E-state index contributed by atoms with van der Waals surface area (Å²) in [5.74, 6) is -0.414. The highest BCUT2D eigenvalue weighted by molar-refractivity contribution is 5.95. The van der Waals surface area contributed by atoms with Crippen LogP contribution in [-0.2, 0) is 4.74 Å². The Morgan fingerprint density at radius 1 is 1.53 bits per heavy atom. The van der Waals surface area contributed by atoms with E-state index in [0.29, 0.717) is 24.3 Å². The van der Waals surface area contributed by atoms with Gasteiger partial charge in [0.05, 0.1) is 12.2 Å². The van der Waals surface area contributed by atoms with Gasteiger partial charge in [0, 0.05) is 12.3 Å². The summed E-state index contributed by atoms with van der Waals surface area (Å²) < 4.78 is 4.91. The molecular formula is C13H17NO3. The van der Waals surface area contributed by atoms with Crippen LogP contribution in [0.1, 0.15) is 29.3 Å². The second kappa shape index (κ2) is 6.70. The van der Waals surface area contributed by atoms with Gasteiger partial charge in [0.2, 0.25) is 0 Å². The third-order valence-corrected chi connectivity index (χ3v) is 2.18. The number of hydrogen-bond donors (Lipinski definition) is 2. The minimum absolute atomic E-state index is 0.107. The first-order chi connectivity index (χ1) is 8.19. The zero-order chi connectivity index (χ0) is 12.7. The molecule has 0 amide bonds. The van der Waals surface area contributed by atoms with E-state index in [1.54, 1.807) is 19.1 Å². The van der Waals surface area contributed by atoms with Gasteiger partial charge in [0.15, 0.2) is 0 Å². The lowest BCUT2D eigenvalue weighted by atomic mass is 10.1. The number of nitrogens with two attached hydrogens (primary N) is 1. The first-order valence-corrected chi connectivity index (χ1v) is 5.53. The van der Waals surface area contributed by atoms with Gasteiger partial charge in [-0.3, -0.25) is 0 Å². The number of anilines is 1. The number of carbonyl (C=O) groups excluding carboxylic acids is 1. The average Bonchev–Trinajstić information content (AvgIpc) is 2.32. The van der Waals surface area contributed by atoms with Crippen LogP contribution in [0.15, 0.2) is 24.3 Å². The van der Waals surface area contributed by atoms with Crippen LogP contribution >= 0.6 is 0 Å². The molecule has 0 saturated carbocycles. The van der Waals surface area contributed by atoms with Crippen LogP contribution < -0.4 is 5.73 Å². The Morgan fingerprint density at radius 2 is 2.29 bits per heavy atom. The molecule has 0 spiro atoms. The summed E-state index contributed by atoms with van der Waals surface area (Å²) in [5, 5.41) is 8.66. The number of aliphatic hydroxyl groups is 1. The fraction of sp³-hybridized carbons (Fsp3) is 0.308. The summed E-state index contributed by atoms with van der Waals surface area (Å²) >= 11 is 0. The summed E-state index contributed by atoms with van der Waals surface area (Å²) in [5.41, 5.74) is 7.35. The fourth-order valence-corrected chi connectivity index (χ4v) is 1.36. The summed E-state index contributed by atoms with van der Waals surface area (Å²) in [6, 6.07) is 5.16. The van der Waals surface area contributed by atoms with Gasteiger partial charge in [-0.1, -0.05) is 18.2 Å². The lowest BCUT2D eigenvalue weighted by Gasteiger charge is -2.06. The number of ether oxygens (including phenoxy) is 1. The van der Waals surface area contributed by atoms with Crippen LogP contribution in [0.5, 0.6) is 0 Å². The molecule has 0 fully saturated rings. The Labute approximate surface area is 101 Å². The SMILES string of the molecule is CCOC(=O)c1cc(C=CCCO)ccc1N. The van der Waals surface area contributed by atoms with Crippen LogP contribution in [0.4, 0.5) is 5.69 Å². The molecule has 0 heterocycles. The second-order valence-electron chi connectivity index (χ2n) is 3.48. The van der Waals surface area contributed by atoms with Gasteiger partial charge in [0.25, 0.3) is 0 Å². The van der Waals surface area contributed by atoms with Crippen molar-refractivity contribution in [3.05, 3.63) is 35.4 Å². The fourth-order valence-electron chi connectivity index (χ4n) is 1.36. The molecule has 4 heteroatoms. The van der Waals surface area contributed by atoms with Crippen molar-refractivity contribution in [3.63, 3.8) is 0 Å². The summed E-state index contributed by atoms with van der Waals surface area (Å²) in [6.45, 7) is 2.18. The molecule has 0 radical (unpaired) electrons. The van der Waals surface area contributed by atoms with E-state index in [9.17, 15) is 4.79 Å². The molecular weight excluding hydrogens is 218 g/mol. The number of aliphatic hydroxyl groups excluding tert-OH is 1. The van der Waals surface area contributed by atoms with E-state index in [2.05, 4.69) is 0 Å². The van der Waals surface area contributed by atoms with Gasteiger partial charge < -0.3 is 15.6 Å². The number of esters is 1. The number of hydrogen-bond acceptors (Lipinski definition) is 4. The number of benzene rings is 1. The summed E-state index contributed by atoms with van der Waals surface area (Å²) in [4.78, 5) is 11.6. The Bertz CT molecular complexity index is 413. The zero-order valence-corrected chi connectivity index (χ0v) is 9.85. The van der Waals surface area contributed by atoms with Crippen LogP contribution in [-0.4, -0.2) is 24.3 Å². The molecule has 0 aromatic heterocycles. The monoisotopic (exact) mass is 235 g/mol. The van der Waals surface area contributed by atoms with Crippen molar-refractivity contribution in [1.29, 1.82) is 0 Å². The molecule has 92 valence electrons. The second-order valence-corrected chi connectivity index (χ2v) is 3.48. The van der Waals surface area contributed by atoms with Gasteiger partial charge in [-0.15, -0.1) is 0 Å². The number of rotatable bonds is 5. The standard InChI is InChI=1S/C13H17NO3/c1-2-17-13(16)11-9-10(5-3-4-8-15)6-7-12(11)14/h3,5-7,9,15H,2,4,8,14H2,1H3. The molecule has 0 aliphatic carbocycles. The van der Waals surface area contributed by atoms with Crippen molar-refractivity contribution < 1.29 is 14.6 Å². The molecule has 0 aliphatic rings. The molecule has 1 aromatic rings. The van der Waals surface area contributed by atoms with Gasteiger partial charge in [-0.2, -0.15) is 0 Å². The minimum atomic E-state index is -0.414. The predicted molar refractivity (Wildman–Crippen MR) is 67.5 cm³/mol. The highest BCUT2D eigenvalue weighted by Gasteiger charge is 2.10. The molecule has 3 N–H and O–H groups in total. The van der Waals surface area contributed by atoms with E-state index in [1.165, 1.54) is 0 Å². The zero-order valence-electron chi connectivity index (χ0n) is 9.85. The van der Waals surface area contributed by atoms with Crippen LogP contribution in [0.3, 0.4) is 0 Å². The minimum Gasteiger partial charge on any atom is -0.462 e. The molecule has 0 unspecified atom stereocenters.